The van der Waals surface area contributed by atoms with Gasteiger partial charge >= 0.3 is 0 Å². The van der Waals surface area contributed by atoms with Crippen molar-refractivity contribution in [3.63, 3.8) is 0 Å². The van der Waals surface area contributed by atoms with Gasteiger partial charge in [-0.2, -0.15) is 5.26 Å². The van der Waals surface area contributed by atoms with Gasteiger partial charge in [0, 0.05) is 5.56 Å². The number of rotatable bonds is 8. The van der Waals surface area contributed by atoms with Crippen LogP contribution in [0.15, 0.2) is 12.1 Å². The van der Waals surface area contributed by atoms with E-state index in [2.05, 4.69) is 18.0 Å². The summed E-state index contributed by atoms with van der Waals surface area (Å²) >= 11 is 13.5. The summed E-state index contributed by atoms with van der Waals surface area (Å²) < 4.78 is 6.58. The Balaban J connectivity index is 2.50. The van der Waals surface area contributed by atoms with E-state index in [0.29, 0.717) is 25.5 Å². The van der Waals surface area contributed by atoms with Crippen molar-refractivity contribution in [1.29, 1.82) is 5.26 Å². The van der Waals surface area contributed by atoms with Crippen LogP contribution in [0.5, 0.6) is 5.88 Å². The van der Waals surface area contributed by atoms with Crippen LogP contribution in [0, 0.1) is 11.3 Å². The van der Waals surface area contributed by atoms with E-state index in [-0.39, 0.29) is 18.3 Å². The number of carbonyl (C=O) groups is 1. The molecule has 0 aliphatic carbocycles. The van der Waals surface area contributed by atoms with Gasteiger partial charge in [-0.25, -0.2) is 4.98 Å². The molecule has 2 aromatic rings. The Morgan fingerprint density at radius 3 is 2.68 bits per heavy atom. The number of ketones is 1. The third-order valence-electron chi connectivity index (χ3n) is 3.57. The maximum Gasteiger partial charge on any atom is 0.232 e. The monoisotopic (exact) mass is 396 g/mol. The number of carbonyl (C=O) groups excluding carboxylic acids is 1. The largest absolute Gasteiger partial charge is 0.469 e. The lowest BCUT2D eigenvalue weighted by atomic mass is 10.0. The highest BCUT2D eigenvalue weighted by atomic mass is 35.5. The third kappa shape index (κ3) is 5.18. The molecular formula is C18H18Cl2N2O2S. The molecule has 0 aliphatic rings. The number of nitrogens with zero attached hydrogens (tertiary/aromatic N) is 2. The molecule has 25 heavy (non-hydrogen) atoms. The zero-order valence-corrected chi connectivity index (χ0v) is 16.4. The van der Waals surface area contributed by atoms with Crippen LogP contribution in [0.3, 0.4) is 0 Å². The minimum atomic E-state index is -0.139. The second-order valence-electron chi connectivity index (χ2n) is 5.64. The second-order valence-corrected chi connectivity index (χ2v) is 7.93. The zero-order chi connectivity index (χ0) is 18.4. The number of unbranched alkanes of at least 4 members (excludes halogenated alkanes) is 2. The second kappa shape index (κ2) is 9.19. The summed E-state index contributed by atoms with van der Waals surface area (Å²) in [5.41, 5.74) is 2.51. The number of hydrogen-bond acceptors (Lipinski definition) is 5. The van der Waals surface area contributed by atoms with Crippen LogP contribution < -0.4 is 4.74 Å². The van der Waals surface area contributed by atoms with Gasteiger partial charge in [-0.3, -0.25) is 4.79 Å². The summed E-state index contributed by atoms with van der Waals surface area (Å²) in [6.45, 7) is 3.42. The number of hydrogen-bond donors (Lipinski definition) is 0. The first kappa shape index (κ1) is 19.7. The van der Waals surface area contributed by atoms with E-state index in [1.807, 2.05) is 6.07 Å². The van der Waals surface area contributed by atoms with Crippen LogP contribution in [-0.2, 0) is 11.2 Å². The van der Waals surface area contributed by atoms with Crippen molar-refractivity contribution in [3.05, 3.63) is 31.9 Å². The predicted octanol–water partition coefficient (Wildman–Crippen LogP) is 5.69. The molecule has 0 fully saturated rings. The van der Waals surface area contributed by atoms with Crippen LogP contribution in [0.2, 0.25) is 8.67 Å². The Hall–Kier alpha value is -1.61. The molecule has 0 spiro atoms. The lowest BCUT2D eigenvalue weighted by molar-refractivity contribution is -0.119. The van der Waals surface area contributed by atoms with Crippen molar-refractivity contribution in [3.8, 4) is 23.2 Å². The lowest BCUT2D eigenvalue weighted by Crippen LogP contribution is -2.10. The van der Waals surface area contributed by atoms with Gasteiger partial charge in [0.1, 0.15) is 22.6 Å². The molecule has 0 N–H and O–H groups in total. The average Bonchev–Trinajstić information content (AvgIpc) is 2.91. The van der Waals surface area contributed by atoms with Gasteiger partial charge in [-0.15, -0.1) is 11.3 Å². The van der Waals surface area contributed by atoms with Crippen LogP contribution in [-0.4, -0.2) is 17.4 Å². The first-order chi connectivity index (χ1) is 12.0. The molecule has 4 nitrogen and oxygen atoms in total. The Bertz CT molecular complexity index is 812. The lowest BCUT2D eigenvalue weighted by Gasteiger charge is -2.12. The van der Waals surface area contributed by atoms with Crippen molar-refractivity contribution >= 4 is 40.3 Å². The van der Waals surface area contributed by atoms with E-state index in [4.69, 9.17) is 27.9 Å². The van der Waals surface area contributed by atoms with Crippen LogP contribution in [0.25, 0.3) is 11.3 Å². The highest BCUT2D eigenvalue weighted by molar-refractivity contribution is 7.20. The number of Topliss-reactive ketones (excluding diaryl/α,β-unsaturated/α-hetero) is 1. The summed E-state index contributed by atoms with van der Waals surface area (Å²) in [4.78, 5) is 15.7. The van der Waals surface area contributed by atoms with E-state index < -0.39 is 0 Å². The van der Waals surface area contributed by atoms with E-state index >= 15 is 0 Å². The number of ether oxygens (including phenoxy) is 1. The normalized spacial score (nSPS) is 10.5. The Morgan fingerprint density at radius 2 is 2.12 bits per heavy atom. The van der Waals surface area contributed by atoms with E-state index in [1.165, 1.54) is 18.3 Å². The minimum absolute atomic E-state index is 0.127. The Kier molecular flexibility index (Phi) is 7.24. The third-order valence-corrected chi connectivity index (χ3v) is 5.06. The molecule has 0 bridgehead atoms. The summed E-state index contributed by atoms with van der Waals surface area (Å²) in [6, 6.07) is 5.76. The first-order valence-corrected chi connectivity index (χ1v) is 9.55. The molecule has 2 heterocycles. The van der Waals surface area contributed by atoms with Gasteiger partial charge < -0.3 is 4.74 Å². The molecule has 0 saturated carbocycles. The minimum Gasteiger partial charge on any atom is -0.469 e. The average molecular weight is 397 g/mol. The topological polar surface area (TPSA) is 63.0 Å². The van der Waals surface area contributed by atoms with Crippen molar-refractivity contribution in [2.75, 3.05) is 6.61 Å². The fraction of sp³-hybridized carbons (Fsp3) is 0.389. The molecule has 132 valence electrons. The molecule has 0 unspecified atom stereocenters. The van der Waals surface area contributed by atoms with Crippen molar-refractivity contribution < 1.29 is 9.53 Å². The summed E-state index contributed by atoms with van der Waals surface area (Å²) in [6.07, 6.45) is 3.84. The first-order valence-electron chi connectivity index (χ1n) is 7.97. The number of halogens is 2. The van der Waals surface area contributed by atoms with E-state index in [1.54, 1.807) is 6.07 Å². The molecule has 0 radical (unpaired) electrons. The van der Waals surface area contributed by atoms with Gasteiger partial charge in [0.15, 0.2) is 5.78 Å². The van der Waals surface area contributed by atoms with Crippen molar-refractivity contribution in [1.82, 2.24) is 4.98 Å². The fourth-order valence-electron chi connectivity index (χ4n) is 2.38. The summed E-state index contributed by atoms with van der Waals surface area (Å²) in [5, 5.41) is 9.54. The molecule has 0 atom stereocenters. The Labute approximate surface area is 161 Å². The molecule has 7 heteroatoms. The molecule has 0 aromatic carbocycles. The molecule has 2 rings (SSSR count). The maximum atomic E-state index is 11.3. The number of thiophene rings is 1. The van der Waals surface area contributed by atoms with E-state index in [0.717, 1.165) is 31.2 Å². The quantitative estimate of drug-likeness (QED) is 0.537. The van der Waals surface area contributed by atoms with Gasteiger partial charge in [0.05, 0.1) is 10.0 Å². The van der Waals surface area contributed by atoms with Crippen LogP contribution in [0.4, 0.5) is 0 Å². The Morgan fingerprint density at radius 1 is 1.36 bits per heavy atom. The zero-order valence-electron chi connectivity index (χ0n) is 14.1. The van der Waals surface area contributed by atoms with Crippen LogP contribution in [0.1, 0.15) is 44.2 Å². The van der Waals surface area contributed by atoms with E-state index in [9.17, 15) is 10.1 Å². The van der Waals surface area contributed by atoms with Gasteiger partial charge in [-0.1, -0.05) is 43.0 Å². The highest BCUT2D eigenvalue weighted by Crippen LogP contribution is 2.39. The van der Waals surface area contributed by atoms with Crippen molar-refractivity contribution in [2.45, 2.75) is 39.5 Å². The number of nitriles is 1. The van der Waals surface area contributed by atoms with Crippen LogP contribution >= 0.6 is 34.5 Å². The molecule has 0 amide bonds. The molecule has 0 saturated heterocycles. The van der Waals surface area contributed by atoms with Gasteiger partial charge in [0.2, 0.25) is 5.88 Å². The number of aromatic nitrogens is 1. The maximum absolute atomic E-state index is 11.3. The smallest absolute Gasteiger partial charge is 0.232 e. The summed E-state index contributed by atoms with van der Waals surface area (Å²) in [5.74, 6) is 0.0281. The predicted molar refractivity (Wildman–Crippen MR) is 102 cm³/mol. The standard InChI is InChI=1S/C18H18Cl2N2O2S/c1-3-4-5-6-12-7-15(13-8-16(19)25-17(13)20)22-18(14(12)9-21)24-10-11(2)23/h7-8H,3-6,10H2,1-2H3. The highest BCUT2D eigenvalue weighted by Gasteiger charge is 2.18. The fourth-order valence-corrected chi connectivity index (χ4v) is 3.86. The van der Waals surface area contributed by atoms with Gasteiger partial charge in [-0.05, 0) is 37.5 Å². The molecule has 2 aromatic heterocycles. The van der Waals surface area contributed by atoms with Crippen molar-refractivity contribution in [2.24, 2.45) is 0 Å². The van der Waals surface area contributed by atoms with Gasteiger partial charge in [0.25, 0.3) is 0 Å². The number of pyridine rings is 1. The number of aryl methyl sites for hydroxylation is 1. The molecular weight excluding hydrogens is 379 g/mol. The molecule has 0 aliphatic heterocycles. The summed E-state index contributed by atoms with van der Waals surface area (Å²) in [7, 11) is 0. The SMILES string of the molecule is CCCCCc1cc(-c2cc(Cl)sc2Cl)nc(OCC(C)=O)c1C#N.